The van der Waals surface area contributed by atoms with Gasteiger partial charge in [-0.3, -0.25) is 24.0 Å². The van der Waals surface area contributed by atoms with E-state index in [2.05, 4.69) is 47.4 Å². The van der Waals surface area contributed by atoms with Crippen molar-refractivity contribution in [3.05, 3.63) is 0 Å². The number of aliphatic hydroxyl groups is 9. The molecule has 5 amide bonds. The third kappa shape index (κ3) is 52.5. The predicted octanol–water partition coefficient (Wildman–Crippen LogP) is 8.54. The molecule has 0 aliphatic carbocycles. The van der Waals surface area contributed by atoms with Gasteiger partial charge in [-0.25, -0.2) is 0 Å². The van der Waals surface area contributed by atoms with Gasteiger partial charge in [0.15, 0.2) is 18.9 Å². The van der Waals surface area contributed by atoms with E-state index in [1.54, 1.807) is 27.9 Å². The molecule has 3 fully saturated rings. The molecular formula is C86H165N5O24. The maximum atomic E-state index is 13.9. The first kappa shape index (κ1) is 108. The van der Waals surface area contributed by atoms with Gasteiger partial charge in [-0.1, -0.05) is 208 Å². The molecule has 29 nitrogen and oxygen atoms in total. The number of carbonyl (C=O) groups is 5. The minimum Gasteiger partial charge on any atom is -0.394 e. The maximum absolute atomic E-state index is 13.9. The van der Waals surface area contributed by atoms with Crippen LogP contribution in [0.5, 0.6) is 0 Å². The van der Waals surface area contributed by atoms with Crippen molar-refractivity contribution in [3.63, 3.8) is 0 Å². The number of nitrogens with one attached hydrogen (secondary N) is 5. The Balaban J connectivity index is 0.0000109. The molecule has 0 aromatic rings. The molecule has 0 aromatic carbocycles. The van der Waals surface area contributed by atoms with Crippen LogP contribution < -0.4 is 26.6 Å². The third-order valence-electron chi connectivity index (χ3n) is 21.5. The van der Waals surface area contributed by atoms with Crippen LogP contribution in [0.15, 0.2) is 0 Å². The quantitative estimate of drug-likeness (QED) is 0.0253. The minimum absolute atomic E-state index is 0.0243. The van der Waals surface area contributed by atoms with Gasteiger partial charge < -0.3 is 120 Å². The van der Waals surface area contributed by atoms with Crippen LogP contribution >= 0.6 is 0 Å². The number of carbonyl (C=O) groups excluding carboxylic acids is 5. The second kappa shape index (κ2) is 70.2. The normalized spacial score (nSPS) is 24.1. The fraction of sp³-hybridized carbons (Fsp3) is 0.942. The summed E-state index contributed by atoms with van der Waals surface area (Å²) in [6.07, 6.45) is 24.4. The first-order chi connectivity index (χ1) is 55.5. The van der Waals surface area contributed by atoms with E-state index in [9.17, 15) is 69.9 Å². The summed E-state index contributed by atoms with van der Waals surface area (Å²) in [7, 11) is 1.68. The lowest BCUT2D eigenvalue weighted by Gasteiger charge is -2.40. The lowest BCUT2D eigenvalue weighted by molar-refractivity contribution is -0.282. The Morgan fingerprint density at radius 2 is 0.539 bits per heavy atom. The zero-order chi connectivity index (χ0) is 84.5. The molecule has 0 saturated carbocycles. The second-order valence-electron chi connectivity index (χ2n) is 33.0. The van der Waals surface area contributed by atoms with Crippen molar-refractivity contribution in [2.45, 2.75) is 378 Å². The van der Waals surface area contributed by atoms with Crippen LogP contribution in [0.2, 0.25) is 0 Å². The highest BCUT2D eigenvalue weighted by Gasteiger charge is 2.45. The van der Waals surface area contributed by atoms with E-state index in [-0.39, 0.29) is 108 Å². The molecule has 3 saturated heterocycles. The SMILES string of the molecule is CC(C)C.COCCCCCCNC(=O)CCCC(=O)NC(COCCC(=O)NCCCCCCCCCCCCO[C@@H]1OC(CO)[C@H](O)[C@H](O)C1C)(COCCC(=O)NCCCCCCCCCCCCO[C@@H]1OC(CO)[C@H](O)[C@H](O)C1C)COCCC(=O)NCCCCCCCCCCCCO[C@@H]1OC(CO)[C@H](O)[C@H](O)C1C. The largest absolute Gasteiger partial charge is 0.394 e. The molecule has 0 spiro atoms. The molecule has 0 aromatic heterocycles. The van der Waals surface area contributed by atoms with Gasteiger partial charge in [0.2, 0.25) is 29.5 Å². The highest BCUT2D eigenvalue weighted by molar-refractivity contribution is 5.79. The van der Waals surface area contributed by atoms with Crippen LogP contribution in [0, 0.1) is 23.7 Å². The topological polar surface area (TPSA) is 420 Å². The maximum Gasteiger partial charge on any atom is 0.222 e. The molecule has 3 aliphatic rings. The lowest BCUT2D eigenvalue weighted by Crippen LogP contribution is -2.58. The van der Waals surface area contributed by atoms with Crippen molar-refractivity contribution in [1.29, 1.82) is 0 Å². The van der Waals surface area contributed by atoms with Gasteiger partial charge in [-0.15, -0.1) is 0 Å². The number of ether oxygens (including phenoxy) is 10. The molecule has 115 heavy (non-hydrogen) atoms. The fourth-order valence-corrected chi connectivity index (χ4v) is 14.0. The van der Waals surface area contributed by atoms with Gasteiger partial charge in [0.05, 0.1) is 77.8 Å². The van der Waals surface area contributed by atoms with Gasteiger partial charge >= 0.3 is 0 Å². The Labute approximate surface area is 691 Å². The van der Waals surface area contributed by atoms with Gasteiger partial charge in [0.1, 0.15) is 42.2 Å². The standard InChI is InChI=1S/C82H155N5O24.C4H10/c1-62-73(96)76(99)65(56-88)109-79(62)106-50-36-27-20-14-8-5-11-17-23-31-46-84-69(92)42-53-103-59-82(87-72(95)41-39-40-68(91)83-45-34-26-30-35-49-102-4,60-104-54-43-70(93)85-47-32-24-18-12-6-9-15-21-28-37-51-107-80-63(2)74(97)77(100)66(57-89)110-80)61-105-55-44-71(94)86-48-33-25-19-13-7-10-16-22-29-38-52-108-81-64(3)75(98)78(101)67(58-90)111-81;1-4(2)3/h62-67,73-81,88-90,96-101H,5-61H2,1-4H3,(H,83,91)(H,84,92)(H,85,93)(H,86,94)(H,87,95);4H,1-3H3/t62?,63?,64?,65?,66?,67?,73-,74-,75-,76+,77+,78+,79-,80-,81-,82?;/m1./s1. The average molecular weight is 1650 g/mol. The molecule has 3 aliphatic heterocycles. The van der Waals surface area contributed by atoms with E-state index < -0.39 is 117 Å². The van der Waals surface area contributed by atoms with Crippen molar-refractivity contribution in [2.75, 3.05) is 119 Å². The summed E-state index contributed by atoms with van der Waals surface area (Å²) in [5.41, 5.74) is -1.29. The van der Waals surface area contributed by atoms with Crippen LogP contribution in [-0.2, 0) is 71.3 Å². The van der Waals surface area contributed by atoms with Gasteiger partial charge in [-0.05, 0) is 63.7 Å². The fourth-order valence-electron chi connectivity index (χ4n) is 14.0. The molecular weight excluding hydrogens is 1490 g/mol. The van der Waals surface area contributed by atoms with Crippen LogP contribution in [0.1, 0.15) is 298 Å². The van der Waals surface area contributed by atoms with Crippen molar-refractivity contribution >= 4 is 29.5 Å². The summed E-state index contributed by atoms with van der Waals surface area (Å²) in [6.45, 7) is 14.7. The van der Waals surface area contributed by atoms with E-state index in [0.717, 1.165) is 224 Å². The molecule has 3 heterocycles. The predicted molar refractivity (Wildman–Crippen MR) is 441 cm³/mol. The molecule has 678 valence electrons. The number of unbranched alkanes of at least 4 members (excludes halogenated alkanes) is 30. The lowest BCUT2D eigenvalue weighted by atomic mass is 9.92. The number of rotatable bonds is 72. The number of hydrogen-bond acceptors (Lipinski definition) is 24. The van der Waals surface area contributed by atoms with Crippen LogP contribution in [0.3, 0.4) is 0 Å². The Morgan fingerprint density at radius 3 is 0.791 bits per heavy atom. The Hall–Kier alpha value is -3.41. The summed E-state index contributed by atoms with van der Waals surface area (Å²) in [6, 6.07) is 0. The molecule has 29 heteroatoms. The first-order valence-electron chi connectivity index (χ1n) is 44.9. The van der Waals surface area contributed by atoms with Crippen LogP contribution in [-0.4, -0.2) is 274 Å². The first-order valence-corrected chi connectivity index (χ1v) is 44.9. The number of hydrogen-bond donors (Lipinski definition) is 14. The van der Waals surface area contributed by atoms with Crippen LogP contribution in [0.25, 0.3) is 0 Å². The summed E-state index contributed by atoms with van der Waals surface area (Å²) in [5.74, 6) is -1.38. The molecule has 3 rings (SSSR count). The zero-order valence-electron chi connectivity index (χ0n) is 72.2. The smallest absolute Gasteiger partial charge is 0.222 e. The number of amides is 5. The van der Waals surface area contributed by atoms with Crippen molar-refractivity contribution in [2.24, 2.45) is 23.7 Å². The van der Waals surface area contributed by atoms with E-state index in [1.165, 1.54) is 0 Å². The van der Waals surface area contributed by atoms with E-state index >= 15 is 0 Å². The molecule has 6 unspecified atom stereocenters. The molecule has 0 radical (unpaired) electrons. The van der Waals surface area contributed by atoms with Crippen molar-refractivity contribution in [1.82, 2.24) is 26.6 Å². The van der Waals surface area contributed by atoms with Crippen molar-refractivity contribution < 1.29 is 117 Å². The number of methoxy groups -OCH3 is 1. The van der Waals surface area contributed by atoms with Crippen LogP contribution in [0.4, 0.5) is 0 Å². The molecule has 0 bridgehead atoms. The summed E-state index contributed by atoms with van der Waals surface area (Å²) >= 11 is 0. The summed E-state index contributed by atoms with van der Waals surface area (Å²) in [5, 5.41) is 105. The average Bonchev–Trinajstić information content (AvgIpc) is 0.827. The Bertz CT molecular complexity index is 2150. The van der Waals surface area contributed by atoms with Gasteiger partial charge in [0.25, 0.3) is 0 Å². The third-order valence-corrected chi connectivity index (χ3v) is 21.5. The summed E-state index contributed by atoms with van der Waals surface area (Å²) < 4.78 is 58.2. The Morgan fingerprint density at radius 1 is 0.313 bits per heavy atom. The minimum atomic E-state index is -1.29. The molecule has 15 atom stereocenters. The van der Waals surface area contributed by atoms with E-state index in [0.29, 0.717) is 52.6 Å². The van der Waals surface area contributed by atoms with Crippen molar-refractivity contribution in [3.8, 4) is 0 Å². The highest BCUT2D eigenvalue weighted by Crippen LogP contribution is 2.30. The van der Waals surface area contributed by atoms with E-state index in [1.807, 2.05) is 0 Å². The molecule has 14 N–H and O–H groups in total. The van der Waals surface area contributed by atoms with Gasteiger partial charge in [-0.2, -0.15) is 0 Å². The number of aliphatic hydroxyl groups excluding tert-OH is 9. The van der Waals surface area contributed by atoms with E-state index in [4.69, 9.17) is 47.4 Å². The summed E-state index contributed by atoms with van der Waals surface area (Å²) in [4.78, 5) is 66.0. The highest BCUT2D eigenvalue weighted by atomic mass is 16.7. The Kier molecular flexibility index (Phi) is 65.7. The zero-order valence-corrected chi connectivity index (χ0v) is 72.2. The monoisotopic (exact) mass is 1650 g/mol. The second-order valence-corrected chi connectivity index (χ2v) is 33.0. The van der Waals surface area contributed by atoms with Gasteiger partial charge in [0, 0.05) is 110 Å².